The highest BCUT2D eigenvalue weighted by atomic mass is 28.4. The fourth-order valence-corrected chi connectivity index (χ4v) is 10.8. The molecule has 0 saturated heterocycles. The maximum Gasteiger partial charge on any atom is 0.460 e. The van der Waals surface area contributed by atoms with Crippen LogP contribution in [0.25, 0.3) is 0 Å². The van der Waals surface area contributed by atoms with E-state index in [1.54, 1.807) is 0 Å². The second-order valence-electron chi connectivity index (χ2n) is 15.2. The van der Waals surface area contributed by atoms with Gasteiger partial charge in [-0.2, -0.15) is 74.6 Å². The van der Waals surface area contributed by atoms with Crippen molar-refractivity contribution in [2.45, 2.75) is 125 Å². The first-order valence-electron chi connectivity index (χ1n) is 18.9. The van der Waals surface area contributed by atoms with Gasteiger partial charge >= 0.3 is 53.7 Å². The molecule has 0 aliphatic carbocycles. The molecule has 0 aliphatic heterocycles. The van der Waals surface area contributed by atoms with Crippen molar-refractivity contribution < 1.29 is 112 Å². The standard InChI is InChI=1S/C38H41F19N2O6Si/c1-20(2)66(21(3)4,18-15-31(41,42)32(43,44)33(45,46)34(47,48)35(49,50)36(51,52)37(53,54)38(55,56)57)64-17-16-63-25-12-9-23(10-13-25)28(8-6-7-22(5)29(60)59-62)65-30(61)58-27-14-11-24(39)19-26(27)40/h7,9-14,19-21,28,62H,6,8,15-18H2,1-5H3,(H,58,61)(H,59,60)/b22-7+/t28-/m1/s1. The van der Waals surface area contributed by atoms with Crippen molar-refractivity contribution in [2.24, 2.45) is 0 Å². The van der Waals surface area contributed by atoms with Crippen LogP contribution in [0.4, 0.5) is 93.9 Å². The van der Waals surface area contributed by atoms with E-state index in [0.717, 1.165) is 12.1 Å². The van der Waals surface area contributed by atoms with Crippen molar-refractivity contribution in [3.63, 3.8) is 0 Å². The van der Waals surface area contributed by atoms with Gasteiger partial charge < -0.3 is 13.9 Å². The Morgan fingerprint density at radius 1 is 0.712 bits per heavy atom. The molecule has 1 atom stereocenters. The summed E-state index contributed by atoms with van der Waals surface area (Å²) in [5.41, 5.74) is -0.565. The Kier molecular flexibility index (Phi) is 18.2. The monoisotopic (exact) mass is 1010 g/mol. The number of amides is 2. The summed E-state index contributed by atoms with van der Waals surface area (Å²) in [6.45, 7) is 5.39. The van der Waals surface area contributed by atoms with Crippen molar-refractivity contribution in [1.82, 2.24) is 5.48 Å². The zero-order valence-corrected chi connectivity index (χ0v) is 35.8. The van der Waals surface area contributed by atoms with Crippen molar-refractivity contribution >= 4 is 26.0 Å². The average molecular weight is 1010 g/mol. The zero-order chi connectivity index (χ0) is 51.3. The molecule has 8 nitrogen and oxygen atoms in total. The van der Waals surface area contributed by atoms with E-state index in [-0.39, 0.29) is 29.7 Å². The van der Waals surface area contributed by atoms with Crippen molar-refractivity contribution in [3.8, 4) is 5.75 Å². The normalized spacial score (nSPS) is 14.7. The molecule has 0 unspecified atom stereocenters. The van der Waals surface area contributed by atoms with Crippen LogP contribution < -0.4 is 15.5 Å². The number of nitrogens with one attached hydrogen (secondary N) is 2. The van der Waals surface area contributed by atoms with Crippen LogP contribution in [0.15, 0.2) is 54.1 Å². The Morgan fingerprint density at radius 3 is 1.68 bits per heavy atom. The van der Waals surface area contributed by atoms with Gasteiger partial charge in [0.25, 0.3) is 5.91 Å². The third kappa shape index (κ3) is 11.6. The Hall–Kier alpha value is -4.47. The summed E-state index contributed by atoms with van der Waals surface area (Å²) in [4.78, 5) is 24.3. The molecule has 2 aromatic rings. The van der Waals surface area contributed by atoms with E-state index in [9.17, 15) is 93.0 Å². The lowest BCUT2D eigenvalue weighted by atomic mass is 9.88. The van der Waals surface area contributed by atoms with E-state index in [1.807, 2.05) is 0 Å². The zero-order valence-electron chi connectivity index (χ0n) is 34.8. The average Bonchev–Trinajstić information content (AvgIpc) is 3.19. The van der Waals surface area contributed by atoms with Gasteiger partial charge in [-0.1, -0.05) is 45.9 Å². The maximum absolute atomic E-state index is 15.0. The van der Waals surface area contributed by atoms with E-state index in [0.29, 0.717) is 6.07 Å². The molecule has 2 rings (SSSR count). The Morgan fingerprint density at radius 2 is 1.21 bits per heavy atom. The summed E-state index contributed by atoms with van der Waals surface area (Å²) in [5, 5.41) is 10.9. The van der Waals surface area contributed by atoms with Crippen LogP contribution in [-0.4, -0.2) is 86.4 Å². The number of anilines is 1. The number of hydroxylamine groups is 1. The number of ether oxygens (including phenoxy) is 2. The Labute approximate surface area is 363 Å². The molecule has 2 aromatic carbocycles. The largest absolute Gasteiger partial charge is 0.491 e. The number of carbonyl (C=O) groups excluding carboxylic acids is 2. The van der Waals surface area contributed by atoms with Crippen LogP contribution in [0, 0.1) is 11.6 Å². The number of hydrogen-bond acceptors (Lipinski definition) is 6. The molecular weight excluding hydrogens is 969 g/mol. The van der Waals surface area contributed by atoms with E-state index >= 15 is 0 Å². The first kappa shape index (κ1) is 57.7. The number of rotatable bonds is 23. The molecule has 0 aromatic heterocycles. The molecule has 0 radical (unpaired) electrons. The lowest BCUT2D eigenvalue weighted by Gasteiger charge is -2.44. The van der Waals surface area contributed by atoms with Crippen LogP contribution in [-0.2, 0) is 14.0 Å². The highest BCUT2D eigenvalue weighted by Crippen LogP contribution is 2.64. The van der Waals surface area contributed by atoms with E-state index in [1.165, 1.54) is 70.4 Å². The minimum Gasteiger partial charge on any atom is -0.491 e. The van der Waals surface area contributed by atoms with Gasteiger partial charge in [-0.3, -0.25) is 15.3 Å². The van der Waals surface area contributed by atoms with E-state index in [2.05, 4.69) is 5.32 Å². The van der Waals surface area contributed by atoms with Crippen molar-refractivity contribution in [2.75, 3.05) is 18.5 Å². The Bertz CT molecular complexity index is 1990. The Balaban J connectivity index is 2.29. The van der Waals surface area contributed by atoms with Gasteiger partial charge in [0.15, 0.2) is 8.32 Å². The molecular formula is C38H41F19N2O6Si. The predicted octanol–water partition coefficient (Wildman–Crippen LogP) is 13.0. The summed E-state index contributed by atoms with van der Waals surface area (Å²) in [6.07, 6.45) is -11.4. The number of alkyl halides is 17. The summed E-state index contributed by atoms with van der Waals surface area (Å²) in [5.74, 6) is -59.9. The van der Waals surface area contributed by atoms with E-state index < -0.39 is 128 Å². The second-order valence-corrected chi connectivity index (χ2v) is 20.2. The van der Waals surface area contributed by atoms with Gasteiger partial charge in [-0.15, -0.1) is 0 Å². The first-order valence-corrected chi connectivity index (χ1v) is 21.2. The summed E-state index contributed by atoms with van der Waals surface area (Å²) in [6, 6.07) is 6.17. The van der Waals surface area contributed by atoms with Crippen LogP contribution in [0.2, 0.25) is 17.1 Å². The van der Waals surface area contributed by atoms with Gasteiger partial charge in [0.05, 0.1) is 12.3 Å². The minimum absolute atomic E-state index is 0.0281. The van der Waals surface area contributed by atoms with E-state index in [4.69, 9.17) is 19.1 Å². The topological polar surface area (TPSA) is 106 Å². The van der Waals surface area contributed by atoms with Gasteiger partial charge in [0.2, 0.25) is 0 Å². The molecule has 2 amide bonds. The van der Waals surface area contributed by atoms with Crippen LogP contribution in [0.3, 0.4) is 0 Å². The molecule has 66 heavy (non-hydrogen) atoms. The van der Waals surface area contributed by atoms with Crippen molar-refractivity contribution in [1.29, 1.82) is 0 Å². The molecule has 376 valence electrons. The molecule has 0 spiro atoms. The fraction of sp³-hybridized carbons (Fsp3) is 0.579. The van der Waals surface area contributed by atoms with Crippen LogP contribution in [0.5, 0.6) is 5.75 Å². The predicted molar refractivity (Wildman–Crippen MR) is 196 cm³/mol. The second kappa shape index (κ2) is 20.8. The third-order valence-corrected chi connectivity index (χ3v) is 16.0. The molecule has 0 saturated carbocycles. The summed E-state index contributed by atoms with van der Waals surface area (Å²) >= 11 is 0. The summed E-state index contributed by atoms with van der Waals surface area (Å²) < 4.78 is 280. The van der Waals surface area contributed by atoms with Gasteiger partial charge in [-0.25, -0.2) is 19.1 Å². The SMILES string of the molecule is C/C(=C\CC[C@@H](OC(=O)Nc1ccc(F)cc1F)c1ccc(OCCO[Si](CCC(F)(F)C(F)(F)C(F)(F)C(F)(F)C(F)(F)C(F)(F)C(F)(F)C(F)(F)F)(C(C)C)C(C)C)cc1)C(=O)NO. The lowest BCUT2D eigenvalue weighted by Crippen LogP contribution is -2.74. The molecule has 3 N–H and O–H groups in total. The molecule has 0 aliphatic rings. The first-order chi connectivity index (χ1) is 29.8. The van der Waals surface area contributed by atoms with Crippen molar-refractivity contribution in [3.05, 3.63) is 71.3 Å². The fourth-order valence-electron chi connectivity index (χ4n) is 6.31. The highest BCUT2D eigenvalue weighted by molar-refractivity contribution is 6.76. The smallest absolute Gasteiger partial charge is 0.460 e. The molecule has 28 heteroatoms. The molecule has 0 bridgehead atoms. The highest BCUT2D eigenvalue weighted by Gasteiger charge is 2.95. The minimum atomic E-state index is -8.72. The molecule has 0 heterocycles. The third-order valence-electron chi connectivity index (χ3n) is 10.3. The van der Waals surface area contributed by atoms with Gasteiger partial charge in [-0.05, 0) is 66.7 Å². The van der Waals surface area contributed by atoms with Crippen LogP contribution >= 0.6 is 0 Å². The number of hydrogen-bond donors (Lipinski definition) is 3. The molecule has 0 fully saturated rings. The quantitative estimate of drug-likeness (QED) is 0.0256. The number of carbonyl (C=O) groups is 2. The van der Waals surface area contributed by atoms with Gasteiger partial charge in [0.1, 0.15) is 30.1 Å². The maximum atomic E-state index is 15.0. The number of halogens is 19. The van der Waals surface area contributed by atoms with Gasteiger partial charge in [0, 0.05) is 18.1 Å². The summed E-state index contributed by atoms with van der Waals surface area (Å²) in [7, 11) is -4.06. The number of allylic oxidation sites excluding steroid dienone is 1. The lowest BCUT2D eigenvalue weighted by molar-refractivity contribution is -0.461. The van der Waals surface area contributed by atoms with Crippen LogP contribution in [0.1, 0.15) is 65.5 Å². The number of benzene rings is 2.